The minimum Gasteiger partial charge on any atom is -0.480 e. The maximum Gasteiger partial charge on any atom is 0.329 e. The number of carbonyl (C=O) groups is 2. The maximum absolute atomic E-state index is 11.6. The van der Waals surface area contributed by atoms with Crippen LogP contribution in [0.1, 0.15) is 20.3 Å². The number of carbonyl (C=O) groups excluding carboxylic acids is 1. The monoisotopic (exact) mass is 215 g/mol. The first-order valence-corrected chi connectivity index (χ1v) is 5.09. The lowest BCUT2D eigenvalue weighted by molar-refractivity contribution is -0.146. The zero-order chi connectivity index (χ0) is 11.4. The summed E-state index contributed by atoms with van der Waals surface area (Å²) >= 11 is 0. The van der Waals surface area contributed by atoms with Crippen molar-refractivity contribution in [2.24, 2.45) is 5.92 Å². The third-order valence-corrected chi connectivity index (χ3v) is 2.56. The van der Waals surface area contributed by atoms with Crippen molar-refractivity contribution in [1.82, 2.24) is 4.90 Å². The number of amides is 1. The summed E-state index contributed by atoms with van der Waals surface area (Å²) in [6.07, 6.45) is 1.00. The summed E-state index contributed by atoms with van der Waals surface area (Å²) in [5, 5.41) is 8.34. The van der Waals surface area contributed by atoms with Gasteiger partial charge in [-0.3, -0.25) is 4.79 Å². The molecule has 0 radical (unpaired) electrons. The lowest BCUT2D eigenvalue weighted by Crippen LogP contribution is -2.37. The van der Waals surface area contributed by atoms with E-state index in [0.29, 0.717) is 5.92 Å². The number of nitrogens with zero attached hydrogens (tertiary/aromatic N) is 1. The van der Waals surface area contributed by atoms with Gasteiger partial charge < -0.3 is 14.7 Å². The Morgan fingerprint density at radius 1 is 1.40 bits per heavy atom. The number of hydrogen-bond acceptors (Lipinski definition) is 3. The summed E-state index contributed by atoms with van der Waals surface area (Å²) in [6.45, 7) is 4.30. The Morgan fingerprint density at radius 2 is 2.07 bits per heavy atom. The number of likely N-dealkylation sites (tertiary alicyclic amines) is 1. The molecule has 0 aromatic heterocycles. The molecule has 1 aliphatic heterocycles. The van der Waals surface area contributed by atoms with Gasteiger partial charge in [0.15, 0.2) is 0 Å². The van der Waals surface area contributed by atoms with E-state index < -0.39 is 12.6 Å². The summed E-state index contributed by atoms with van der Waals surface area (Å²) < 4.78 is 4.76. The first kappa shape index (κ1) is 12.0. The fourth-order valence-corrected chi connectivity index (χ4v) is 1.96. The second-order valence-electron chi connectivity index (χ2n) is 4.12. The first-order valence-electron chi connectivity index (χ1n) is 5.09. The van der Waals surface area contributed by atoms with E-state index in [0.717, 1.165) is 13.0 Å². The fourth-order valence-electron chi connectivity index (χ4n) is 1.96. The first-order chi connectivity index (χ1) is 7.00. The minimum absolute atomic E-state index is 0.117. The molecule has 2 atom stereocenters. The average molecular weight is 215 g/mol. The molecule has 0 bridgehead atoms. The van der Waals surface area contributed by atoms with Crippen molar-refractivity contribution in [3.05, 3.63) is 0 Å². The Bertz CT molecular complexity index is 254. The largest absolute Gasteiger partial charge is 0.480 e. The molecule has 1 aliphatic rings. The quantitative estimate of drug-likeness (QED) is 0.734. The van der Waals surface area contributed by atoms with Crippen molar-refractivity contribution >= 4 is 11.9 Å². The van der Waals surface area contributed by atoms with Crippen molar-refractivity contribution < 1.29 is 19.4 Å². The molecule has 0 saturated carbocycles. The van der Waals surface area contributed by atoms with Crippen LogP contribution in [0.5, 0.6) is 0 Å². The van der Waals surface area contributed by atoms with E-state index in [2.05, 4.69) is 6.92 Å². The predicted octanol–water partition coefficient (Wildman–Crippen LogP) is 0.344. The van der Waals surface area contributed by atoms with Crippen LogP contribution in [0.25, 0.3) is 0 Å². The number of aliphatic carboxylic acids is 1. The molecule has 5 nitrogen and oxygen atoms in total. The molecule has 0 aliphatic carbocycles. The predicted molar refractivity (Wildman–Crippen MR) is 53.4 cm³/mol. The van der Waals surface area contributed by atoms with E-state index in [9.17, 15) is 9.59 Å². The fraction of sp³-hybridized carbons (Fsp3) is 0.800. The van der Waals surface area contributed by atoms with Gasteiger partial charge in [0.25, 0.3) is 0 Å². The van der Waals surface area contributed by atoms with E-state index in [1.54, 1.807) is 4.90 Å². The zero-order valence-electron chi connectivity index (χ0n) is 9.10. The van der Waals surface area contributed by atoms with Crippen LogP contribution in [-0.2, 0) is 14.3 Å². The summed E-state index contributed by atoms with van der Waals surface area (Å²) in [6, 6.07) is 0.237. The van der Waals surface area contributed by atoms with Crippen molar-refractivity contribution in [1.29, 1.82) is 0 Å². The molecule has 5 heteroatoms. The van der Waals surface area contributed by atoms with Crippen LogP contribution in [0.15, 0.2) is 0 Å². The summed E-state index contributed by atoms with van der Waals surface area (Å²) in [7, 11) is 0. The van der Waals surface area contributed by atoms with E-state index in [4.69, 9.17) is 9.84 Å². The van der Waals surface area contributed by atoms with Gasteiger partial charge in [-0.15, -0.1) is 0 Å². The smallest absolute Gasteiger partial charge is 0.329 e. The van der Waals surface area contributed by atoms with E-state index in [1.165, 1.54) is 0 Å². The van der Waals surface area contributed by atoms with Crippen molar-refractivity contribution in [3.63, 3.8) is 0 Å². The summed E-state index contributed by atoms with van der Waals surface area (Å²) in [4.78, 5) is 23.5. The molecule has 0 aromatic carbocycles. The number of carboxylic acids is 1. The minimum atomic E-state index is -1.05. The average Bonchev–Trinajstić information content (AvgIpc) is 2.44. The highest BCUT2D eigenvalue weighted by molar-refractivity contribution is 5.78. The Kier molecular flexibility index (Phi) is 4.08. The standard InChI is InChI=1S/C10H17NO4/c1-7-3-8(2)11(4-7)9(12)5-15-6-10(13)14/h7-8H,3-6H2,1-2H3,(H,13,14). The van der Waals surface area contributed by atoms with Gasteiger partial charge >= 0.3 is 5.97 Å². The lowest BCUT2D eigenvalue weighted by Gasteiger charge is -2.21. The third-order valence-electron chi connectivity index (χ3n) is 2.56. The summed E-state index contributed by atoms with van der Waals surface area (Å²) in [5.74, 6) is -0.651. The van der Waals surface area contributed by atoms with Crippen molar-refractivity contribution in [2.75, 3.05) is 19.8 Å². The van der Waals surface area contributed by atoms with Gasteiger partial charge in [0.2, 0.25) is 5.91 Å². The third kappa shape index (κ3) is 3.51. The molecular weight excluding hydrogens is 198 g/mol. The van der Waals surface area contributed by atoms with Gasteiger partial charge in [-0.25, -0.2) is 4.79 Å². The molecule has 1 saturated heterocycles. The van der Waals surface area contributed by atoms with Gasteiger partial charge in [0.05, 0.1) is 0 Å². The van der Waals surface area contributed by atoms with E-state index >= 15 is 0 Å². The molecule has 0 spiro atoms. The van der Waals surface area contributed by atoms with Gasteiger partial charge in [-0.05, 0) is 19.3 Å². The van der Waals surface area contributed by atoms with Gasteiger partial charge in [-0.2, -0.15) is 0 Å². The molecule has 15 heavy (non-hydrogen) atoms. The lowest BCUT2D eigenvalue weighted by atomic mass is 10.1. The number of hydrogen-bond donors (Lipinski definition) is 1. The SMILES string of the molecule is CC1CC(C)N(C(=O)COCC(=O)O)C1. The normalized spacial score (nSPS) is 25.6. The molecule has 1 amide bonds. The van der Waals surface area contributed by atoms with Gasteiger partial charge in [0, 0.05) is 12.6 Å². The molecule has 1 rings (SSSR count). The van der Waals surface area contributed by atoms with Crippen molar-refractivity contribution in [3.8, 4) is 0 Å². The Morgan fingerprint density at radius 3 is 2.53 bits per heavy atom. The van der Waals surface area contributed by atoms with E-state index in [-0.39, 0.29) is 18.6 Å². The molecule has 1 fully saturated rings. The van der Waals surface area contributed by atoms with Crippen LogP contribution in [0, 0.1) is 5.92 Å². The second-order valence-corrected chi connectivity index (χ2v) is 4.12. The topological polar surface area (TPSA) is 66.8 Å². The Hall–Kier alpha value is -1.10. The maximum atomic E-state index is 11.6. The molecule has 0 aromatic rings. The summed E-state index contributed by atoms with van der Waals surface area (Å²) in [5.41, 5.74) is 0. The van der Waals surface area contributed by atoms with Crippen LogP contribution < -0.4 is 0 Å². The highest BCUT2D eigenvalue weighted by Gasteiger charge is 2.29. The van der Waals surface area contributed by atoms with Gasteiger partial charge in [0.1, 0.15) is 13.2 Å². The number of carboxylic acid groups (broad SMARTS) is 1. The van der Waals surface area contributed by atoms with Crippen LogP contribution in [0.4, 0.5) is 0 Å². The Balaban J connectivity index is 2.31. The molecular formula is C10H17NO4. The molecule has 1 N–H and O–H groups in total. The second kappa shape index (κ2) is 5.11. The molecule has 86 valence electrons. The highest BCUT2D eigenvalue weighted by atomic mass is 16.5. The van der Waals surface area contributed by atoms with Crippen LogP contribution in [0.2, 0.25) is 0 Å². The van der Waals surface area contributed by atoms with Gasteiger partial charge in [-0.1, -0.05) is 6.92 Å². The zero-order valence-corrected chi connectivity index (χ0v) is 9.10. The molecule has 1 heterocycles. The van der Waals surface area contributed by atoms with E-state index in [1.807, 2.05) is 6.92 Å². The highest BCUT2D eigenvalue weighted by Crippen LogP contribution is 2.22. The number of rotatable bonds is 4. The van der Waals surface area contributed by atoms with Crippen molar-refractivity contribution in [2.45, 2.75) is 26.3 Å². The Labute approximate surface area is 89.0 Å². The van der Waals surface area contributed by atoms with Crippen LogP contribution in [-0.4, -0.2) is 47.7 Å². The molecule has 2 unspecified atom stereocenters. The number of ether oxygens (including phenoxy) is 1. The van der Waals surface area contributed by atoms with Crippen LogP contribution in [0.3, 0.4) is 0 Å². The van der Waals surface area contributed by atoms with Crippen LogP contribution >= 0.6 is 0 Å².